The minimum atomic E-state index is -0.516. The second kappa shape index (κ2) is 5.65. The first-order chi connectivity index (χ1) is 8.20. The maximum absolute atomic E-state index is 11.8. The third-order valence-electron chi connectivity index (χ3n) is 2.22. The van der Waals surface area contributed by atoms with Crippen LogP contribution in [0.4, 0.5) is 0 Å². The Morgan fingerprint density at radius 2 is 1.67 bits per heavy atom. The van der Waals surface area contributed by atoms with Crippen LogP contribution in [-0.2, 0) is 9.53 Å². The van der Waals surface area contributed by atoms with E-state index < -0.39 is 10.4 Å². The van der Waals surface area contributed by atoms with Gasteiger partial charge in [-0.15, -0.1) is 0 Å². The van der Waals surface area contributed by atoms with Gasteiger partial charge in [0, 0.05) is 5.56 Å². The van der Waals surface area contributed by atoms with E-state index in [1.165, 1.54) is 6.92 Å². The number of hydrogen-bond acceptors (Lipinski definition) is 3. The number of ketones is 1. The van der Waals surface area contributed by atoms with Gasteiger partial charge in [-0.25, -0.2) is 0 Å². The number of ether oxygens (including phenoxy) is 1. The number of alkyl halides is 1. The molecule has 1 aromatic rings. The van der Waals surface area contributed by atoms with Crippen molar-refractivity contribution in [2.75, 3.05) is 0 Å². The van der Waals surface area contributed by atoms with E-state index in [0.29, 0.717) is 5.56 Å². The van der Waals surface area contributed by atoms with Gasteiger partial charge in [0.25, 0.3) is 0 Å². The van der Waals surface area contributed by atoms with E-state index in [2.05, 4.69) is 15.9 Å². The molecule has 0 radical (unpaired) electrons. The molecule has 0 fully saturated rings. The molecule has 1 unspecified atom stereocenters. The molecule has 0 heterocycles. The van der Waals surface area contributed by atoms with E-state index in [9.17, 15) is 9.59 Å². The highest BCUT2D eigenvalue weighted by Crippen LogP contribution is 2.26. The van der Waals surface area contributed by atoms with Crippen molar-refractivity contribution in [1.29, 1.82) is 0 Å². The van der Waals surface area contributed by atoms with Crippen LogP contribution in [0.2, 0.25) is 0 Å². The van der Waals surface area contributed by atoms with Crippen LogP contribution in [0.5, 0.6) is 0 Å². The van der Waals surface area contributed by atoms with Crippen molar-refractivity contribution in [3.8, 4) is 0 Å². The van der Waals surface area contributed by atoms with Crippen LogP contribution >= 0.6 is 15.9 Å². The molecule has 0 amide bonds. The highest BCUT2D eigenvalue weighted by atomic mass is 79.9. The molecular formula is C14H17BrO3. The number of carbonyl (C=O) groups excluding carboxylic acids is 2. The van der Waals surface area contributed by atoms with Crippen molar-refractivity contribution in [2.45, 2.75) is 38.1 Å². The van der Waals surface area contributed by atoms with Crippen molar-refractivity contribution >= 4 is 27.7 Å². The van der Waals surface area contributed by atoms with Gasteiger partial charge >= 0.3 is 5.97 Å². The number of Topliss-reactive ketones (excluding diaryl/α,β-unsaturated/α-hetero) is 1. The standard InChI is InChI=1S/C14H17BrO3/c1-9(16)10-5-7-11(8-6-10)12(15)13(17)18-14(2,3)4/h5-8,12H,1-4H3. The number of benzene rings is 1. The van der Waals surface area contributed by atoms with Gasteiger partial charge in [0.05, 0.1) is 0 Å². The average Bonchev–Trinajstić information content (AvgIpc) is 2.26. The minimum absolute atomic E-state index is 0.00457. The molecular weight excluding hydrogens is 296 g/mol. The Labute approximate surface area is 116 Å². The number of halogens is 1. The first-order valence-electron chi connectivity index (χ1n) is 5.68. The second-order valence-electron chi connectivity index (χ2n) is 5.07. The highest BCUT2D eigenvalue weighted by Gasteiger charge is 2.24. The summed E-state index contributed by atoms with van der Waals surface area (Å²) < 4.78 is 5.28. The van der Waals surface area contributed by atoms with Crippen LogP contribution < -0.4 is 0 Å². The predicted octanol–water partition coefficient (Wildman–Crippen LogP) is 3.67. The number of carbonyl (C=O) groups is 2. The Kier molecular flexibility index (Phi) is 4.68. The summed E-state index contributed by atoms with van der Waals surface area (Å²) in [6.07, 6.45) is 0. The van der Waals surface area contributed by atoms with E-state index in [0.717, 1.165) is 5.56 Å². The lowest BCUT2D eigenvalue weighted by atomic mass is 10.1. The summed E-state index contributed by atoms with van der Waals surface area (Å²) in [5, 5.41) is 0. The minimum Gasteiger partial charge on any atom is -0.459 e. The molecule has 0 bridgehead atoms. The molecule has 0 N–H and O–H groups in total. The first kappa shape index (κ1) is 14.9. The largest absolute Gasteiger partial charge is 0.459 e. The fourth-order valence-corrected chi connectivity index (χ4v) is 1.78. The van der Waals surface area contributed by atoms with E-state index in [4.69, 9.17) is 4.74 Å². The average molecular weight is 313 g/mol. The van der Waals surface area contributed by atoms with Crippen molar-refractivity contribution < 1.29 is 14.3 Å². The van der Waals surface area contributed by atoms with Crippen LogP contribution in [0.1, 0.15) is 48.4 Å². The van der Waals surface area contributed by atoms with Gasteiger partial charge in [-0.3, -0.25) is 9.59 Å². The third kappa shape index (κ3) is 4.26. The van der Waals surface area contributed by atoms with Crippen molar-refractivity contribution in [2.24, 2.45) is 0 Å². The Balaban J connectivity index is 2.81. The summed E-state index contributed by atoms with van der Waals surface area (Å²) in [6, 6.07) is 6.91. The van der Waals surface area contributed by atoms with Crippen molar-refractivity contribution in [3.05, 3.63) is 35.4 Å². The van der Waals surface area contributed by atoms with Crippen molar-refractivity contribution in [3.63, 3.8) is 0 Å². The van der Waals surface area contributed by atoms with Gasteiger partial charge in [0.1, 0.15) is 10.4 Å². The lowest BCUT2D eigenvalue weighted by molar-refractivity contribution is -0.154. The molecule has 0 saturated heterocycles. The lowest BCUT2D eigenvalue weighted by Gasteiger charge is -2.21. The maximum atomic E-state index is 11.8. The smallest absolute Gasteiger partial charge is 0.324 e. The van der Waals surface area contributed by atoms with Gasteiger partial charge in [0.15, 0.2) is 5.78 Å². The Bertz CT molecular complexity index is 443. The summed E-state index contributed by atoms with van der Waals surface area (Å²) in [5.74, 6) is -0.331. The molecule has 4 heteroatoms. The molecule has 0 aromatic heterocycles. The lowest BCUT2D eigenvalue weighted by Crippen LogP contribution is -2.26. The Hall–Kier alpha value is -1.16. The maximum Gasteiger partial charge on any atom is 0.324 e. The molecule has 0 saturated carbocycles. The molecule has 1 aromatic carbocycles. The predicted molar refractivity (Wildman–Crippen MR) is 74.0 cm³/mol. The van der Waals surface area contributed by atoms with Gasteiger partial charge in [0.2, 0.25) is 0 Å². The summed E-state index contributed by atoms with van der Waals surface area (Å²) in [7, 11) is 0. The fourth-order valence-electron chi connectivity index (χ4n) is 1.38. The van der Waals surface area contributed by atoms with E-state index >= 15 is 0 Å². The van der Waals surface area contributed by atoms with Gasteiger partial charge in [-0.05, 0) is 33.3 Å². The van der Waals surface area contributed by atoms with Crippen molar-refractivity contribution in [1.82, 2.24) is 0 Å². The Morgan fingerprint density at radius 1 is 1.17 bits per heavy atom. The zero-order chi connectivity index (χ0) is 13.9. The zero-order valence-corrected chi connectivity index (χ0v) is 12.6. The fraction of sp³-hybridized carbons (Fsp3) is 0.429. The second-order valence-corrected chi connectivity index (χ2v) is 5.99. The summed E-state index contributed by atoms with van der Waals surface area (Å²) in [6.45, 7) is 6.98. The molecule has 0 aliphatic rings. The molecule has 98 valence electrons. The molecule has 0 aliphatic carbocycles. The normalized spacial score (nSPS) is 12.9. The molecule has 3 nitrogen and oxygen atoms in total. The number of hydrogen-bond donors (Lipinski definition) is 0. The molecule has 0 aliphatic heterocycles. The first-order valence-corrected chi connectivity index (χ1v) is 6.60. The van der Waals surface area contributed by atoms with E-state index in [1.54, 1.807) is 24.3 Å². The van der Waals surface area contributed by atoms with Crippen LogP contribution in [0.3, 0.4) is 0 Å². The topological polar surface area (TPSA) is 43.4 Å². The quantitative estimate of drug-likeness (QED) is 0.486. The monoisotopic (exact) mass is 312 g/mol. The molecule has 1 atom stereocenters. The zero-order valence-electron chi connectivity index (χ0n) is 11.0. The van der Waals surface area contributed by atoms with Gasteiger partial charge in [-0.1, -0.05) is 40.2 Å². The third-order valence-corrected chi connectivity index (χ3v) is 3.13. The van der Waals surface area contributed by atoms with Crippen LogP contribution in [0, 0.1) is 0 Å². The van der Waals surface area contributed by atoms with Crippen LogP contribution in [0.15, 0.2) is 24.3 Å². The summed E-state index contributed by atoms with van der Waals surface area (Å²) in [4.78, 5) is 22.5. The molecule has 18 heavy (non-hydrogen) atoms. The van der Waals surface area contributed by atoms with Crippen LogP contribution in [0.25, 0.3) is 0 Å². The van der Waals surface area contributed by atoms with Gasteiger partial charge < -0.3 is 4.74 Å². The summed E-state index contributed by atoms with van der Waals surface area (Å²) >= 11 is 3.31. The van der Waals surface area contributed by atoms with Crippen LogP contribution in [-0.4, -0.2) is 17.4 Å². The summed E-state index contributed by atoms with van der Waals surface area (Å²) in [5.41, 5.74) is 0.888. The SMILES string of the molecule is CC(=O)c1ccc(C(Br)C(=O)OC(C)(C)C)cc1. The van der Waals surface area contributed by atoms with E-state index in [1.807, 2.05) is 20.8 Å². The number of esters is 1. The van der Waals surface area contributed by atoms with Gasteiger partial charge in [-0.2, -0.15) is 0 Å². The Morgan fingerprint density at radius 3 is 2.06 bits per heavy atom. The molecule has 0 spiro atoms. The highest BCUT2D eigenvalue weighted by molar-refractivity contribution is 9.09. The van der Waals surface area contributed by atoms with E-state index in [-0.39, 0.29) is 11.8 Å². The number of rotatable bonds is 3. The molecule has 1 rings (SSSR count).